The number of methoxy groups -OCH3 is 1. The van der Waals surface area contributed by atoms with Gasteiger partial charge in [-0.25, -0.2) is 0 Å². The zero-order chi connectivity index (χ0) is 18.8. The van der Waals surface area contributed by atoms with Crippen LogP contribution in [0.5, 0.6) is 5.75 Å². The molecule has 1 aromatic carbocycles. The van der Waals surface area contributed by atoms with Crippen LogP contribution in [0.2, 0.25) is 0 Å². The third kappa shape index (κ3) is 7.36. The molecule has 9 heteroatoms. The Hall–Kier alpha value is -3.07. The number of carboxylic acids is 1. The van der Waals surface area contributed by atoms with E-state index in [0.29, 0.717) is 12.0 Å². The number of ether oxygens (including phenoxy) is 1. The Kier molecular flexibility index (Phi) is 7.94. The van der Waals surface area contributed by atoms with Crippen molar-refractivity contribution in [3.8, 4) is 5.75 Å². The van der Waals surface area contributed by atoms with Crippen molar-refractivity contribution in [1.82, 2.24) is 5.32 Å². The molecule has 1 rings (SSSR count). The number of phenols is 1. The van der Waals surface area contributed by atoms with E-state index in [0.717, 1.165) is 0 Å². The Bertz CT molecular complexity index is 655. The van der Waals surface area contributed by atoms with Gasteiger partial charge < -0.3 is 26.4 Å². The summed E-state index contributed by atoms with van der Waals surface area (Å²) in [6.45, 7) is 0.233. The Labute approximate surface area is 145 Å². The second-order valence-corrected chi connectivity index (χ2v) is 5.11. The molecule has 0 aliphatic carbocycles. The summed E-state index contributed by atoms with van der Waals surface area (Å²) >= 11 is 0. The third-order valence-corrected chi connectivity index (χ3v) is 3.15. The molecular formula is C16H22N4O5. The van der Waals surface area contributed by atoms with Crippen molar-refractivity contribution in [2.45, 2.75) is 18.9 Å². The molecule has 0 bridgehead atoms. The van der Waals surface area contributed by atoms with Crippen molar-refractivity contribution in [2.24, 2.45) is 16.5 Å². The number of aliphatic imine (C=N–C) groups is 1. The molecule has 1 aromatic rings. The molecule has 0 saturated carbocycles. The summed E-state index contributed by atoms with van der Waals surface area (Å²) in [5.74, 6) is -1.65. The quantitative estimate of drug-likeness (QED) is 0.145. The van der Waals surface area contributed by atoms with Gasteiger partial charge >= 0.3 is 5.97 Å². The summed E-state index contributed by atoms with van der Waals surface area (Å²) in [5.41, 5.74) is 11.6. The van der Waals surface area contributed by atoms with Gasteiger partial charge in [0.15, 0.2) is 11.7 Å². The standard InChI is InChI=1S/C16H22N4O5/c1-25-13(9-10-4-6-11(21)7-5-10)14(22)20-16(18)19-8-2-3-12(17)15(23)24/h4-7,9,12,21H,2-3,8,17H2,1H3,(H,23,24)(H3,18,19,20,22). The summed E-state index contributed by atoms with van der Waals surface area (Å²) in [5, 5.41) is 20.3. The van der Waals surface area contributed by atoms with E-state index in [9.17, 15) is 14.7 Å². The monoisotopic (exact) mass is 350 g/mol. The van der Waals surface area contributed by atoms with Gasteiger partial charge in [-0.1, -0.05) is 12.1 Å². The number of aliphatic carboxylic acids is 1. The maximum Gasteiger partial charge on any atom is 0.320 e. The summed E-state index contributed by atoms with van der Waals surface area (Å²) < 4.78 is 5.02. The van der Waals surface area contributed by atoms with E-state index in [1.807, 2.05) is 0 Å². The molecule has 9 nitrogen and oxygen atoms in total. The summed E-state index contributed by atoms with van der Waals surface area (Å²) in [7, 11) is 1.34. The van der Waals surface area contributed by atoms with Crippen LogP contribution in [0, 0.1) is 0 Å². The highest BCUT2D eigenvalue weighted by Crippen LogP contribution is 2.13. The zero-order valence-electron chi connectivity index (χ0n) is 13.8. The molecule has 1 atom stereocenters. The molecular weight excluding hydrogens is 328 g/mol. The average Bonchev–Trinajstić information content (AvgIpc) is 2.57. The normalized spacial score (nSPS) is 13.2. The first-order valence-corrected chi connectivity index (χ1v) is 7.48. The van der Waals surface area contributed by atoms with Crippen molar-refractivity contribution in [3.05, 3.63) is 35.6 Å². The lowest BCUT2D eigenvalue weighted by molar-refractivity contribution is -0.138. The third-order valence-electron chi connectivity index (χ3n) is 3.15. The van der Waals surface area contributed by atoms with Gasteiger partial charge in [-0.15, -0.1) is 0 Å². The molecule has 0 fully saturated rings. The number of carbonyl (C=O) groups is 2. The molecule has 7 N–H and O–H groups in total. The van der Waals surface area contributed by atoms with Gasteiger partial charge in [0.25, 0.3) is 5.91 Å². The van der Waals surface area contributed by atoms with Crippen molar-refractivity contribution in [1.29, 1.82) is 0 Å². The number of carboxylic acid groups (broad SMARTS) is 1. The molecule has 136 valence electrons. The first kappa shape index (κ1) is 20.0. The van der Waals surface area contributed by atoms with Crippen molar-refractivity contribution in [2.75, 3.05) is 13.7 Å². The maximum atomic E-state index is 12.1. The van der Waals surface area contributed by atoms with Crippen LogP contribution in [0.25, 0.3) is 6.08 Å². The lowest BCUT2D eigenvalue weighted by atomic mass is 10.2. The van der Waals surface area contributed by atoms with Gasteiger partial charge in [0.1, 0.15) is 11.8 Å². The highest BCUT2D eigenvalue weighted by molar-refractivity contribution is 6.05. The largest absolute Gasteiger partial charge is 0.508 e. The molecule has 0 aliphatic rings. The first-order chi connectivity index (χ1) is 11.8. The molecule has 0 saturated heterocycles. The van der Waals surface area contributed by atoms with E-state index in [1.165, 1.54) is 25.3 Å². The molecule has 0 aliphatic heterocycles. The smallest absolute Gasteiger partial charge is 0.320 e. The van der Waals surface area contributed by atoms with Crippen LogP contribution in [0.3, 0.4) is 0 Å². The van der Waals surface area contributed by atoms with Crippen LogP contribution in [0.4, 0.5) is 0 Å². The minimum atomic E-state index is -1.07. The Morgan fingerprint density at radius 1 is 1.36 bits per heavy atom. The number of nitrogens with two attached hydrogens (primary N) is 2. The molecule has 0 aromatic heterocycles. The van der Waals surface area contributed by atoms with Crippen molar-refractivity contribution < 1.29 is 24.5 Å². The summed E-state index contributed by atoms with van der Waals surface area (Å²) in [4.78, 5) is 26.6. The number of hydrogen-bond donors (Lipinski definition) is 5. The number of amides is 1. The maximum absolute atomic E-state index is 12.1. The molecule has 1 amide bonds. The highest BCUT2D eigenvalue weighted by Gasteiger charge is 2.12. The number of rotatable bonds is 8. The second kappa shape index (κ2) is 9.93. The van der Waals surface area contributed by atoms with Gasteiger partial charge in [-0.3, -0.25) is 19.9 Å². The Morgan fingerprint density at radius 2 is 2.00 bits per heavy atom. The van der Waals surface area contributed by atoms with Crippen molar-refractivity contribution >= 4 is 23.9 Å². The Morgan fingerprint density at radius 3 is 2.56 bits per heavy atom. The second-order valence-electron chi connectivity index (χ2n) is 5.11. The number of hydrogen-bond acceptors (Lipinski definition) is 6. The predicted octanol–water partition coefficient (Wildman–Crippen LogP) is 0.00250. The van der Waals surface area contributed by atoms with Crippen molar-refractivity contribution in [3.63, 3.8) is 0 Å². The molecule has 0 radical (unpaired) electrons. The number of guanidine groups is 1. The lowest BCUT2D eigenvalue weighted by Crippen LogP contribution is -2.38. The van der Waals surface area contributed by atoms with Gasteiger partial charge in [-0.05, 0) is 36.6 Å². The van der Waals surface area contributed by atoms with Crippen LogP contribution in [0.1, 0.15) is 18.4 Å². The SMILES string of the molecule is COC(=Cc1ccc(O)cc1)C(=O)NC(N)=NCCCC(N)C(=O)O. The minimum absolute atomic E-state index is 0.0109. The molecule has 0 heterocycles. The fraction of sp³-hybridized carbons (Fsp3) is 0.312. The topological polar surface area (TPSA) is 160 Å². The Balaban J connectivity index is 2.58. The van der Waals surface area contributed by atoms with Gasteiger partial charge in [0, 0.05) is 6.54 Å². The van der Waals surface area contributed by atoms with E-state index < -0.39 is 17.9 Å². The molecule has 25 heavy (non-hydrogen) atoms. The van der Waals surface area contributed by atoms with Crippen LogP contribution < -0.4 is 16.8 Å². The van der Waals surface area contributed by atoms with Crippen LogP contribution in [-0.4, -0.2) is 47.7 Å². The lowest BCUT2D eigenvalue weighted by Gasteiger charge is -2.08. The summed E-state index contributed by atoms with van der Waals surface area (Å²) in [6, 6.07) is 5.25. The zero-order valence-corrected chi connectivity index (χ0v) is 13.8. The number of phenolic OH excluding ortho intramolecular Hbond substituents is 1. The number of aromatic hydroxyl groups is 1. The average molecular weight is 350 g/mol. The van der Waals surface area contributed by atoms with Gasteiger partial charge in [0.05, 0.1) is 7.11 Å². The van der Waals surface area contributed by atoms with E-state index in [1.54, 1.807) is 12.1 Å². The highest BCUT2D eigenvalue weighted by atomic mass is 16.5. The number of nitrogens with zero attached hydrogens (tertiary/aromatic N) is 1. The van der Waals surface area contributed by atoms with Crippen LogP contribution in [-0.2, 0) is 14.3 Å². The van der Waals surface area contributed by atoms with Gasteiger partial charge in [-0.2, -0.15) is 0 Å². The fourth-order valence-corrected chi connectivity index (χ4v) is 1.79. The minimum Gasteiger partial charge on any atom is -0.508 e. The molecule has 1 unspecified atom stereocenters. The summed E-state index contributed by atoms with van der Waals surface area (Å²) in [6.07, 6.45) is 2.16. The van der Waals surface area contributed by atoms with Crippen LogP contribution >= 0.6 is 0 Å². The number of carbonyl (C=O) groups excluding carboxylic acids is 1. The van der Waals surface area contributed by atoms with E-state index in [-0.39, 0.29) is 30.4 Å². The van der Waals surface area contributed by atoms with E-state index in [2.05, 4.69) is 10.3 Å². The van der Waals surface area contributed by atoms with Crippen LogP contribution in [0.15, 0.2) is 35.0 Å². The van der Waals surface area contributed by atoms with E-state index in [4.69, 9.17) is 21.3 Å². The molecule has 0 spiro atoms. The van der Waals surface area contributed by atoms with Gasteiger partial charge in [0.2, 0.25) is 0 Å². The fourth-order valence-electron chi connectivity index (χ4n) is 1.79. The predicted molar refractivity (Wildman–Crippen MR) is 92.6 cm³/mol. The number of nitrogens with one attached hydrogen (secondary N) is 1. The first-order valence-electron chi connectivity index (χ1n) is 7.48. The number of benzene rings is 1. The van der Waals surface area contributed by atoms with E-state index >= 15 is 0 Å².